The summed E-state index contributed by atoms with van der Waals surface area (Å²) in [5.41, 5.74) is 7.20. The van der Waals surface area contributed by atoms with Gasteiger partial charge in [-0.15, -0.1) is 0 Å². The summed E-state index contributed by atoms with van der Waals surface area (Å²) in [4.78, 5) is 2.17. The Kier molecular flexibility index (Phi) is 4.66. The van der Waals surface area contributed by atoms with E-state index in [4.69, 9.17) is 22.7 Å². The topological polar surface area (TPSA) is 73.3 Å². The van der Waals surface area contributed by atoms with Crippen LogP contribution in [0, 0.1) is 5.41 Å². The Balaban J connectivity index is 2.40. The van der Waals surface area contributed by atoms with Crippen molar-refractivity contribution in [1.29, 1.82) is 5.41 Å². The molecule has 4 N–H and O–H groups in total. The summed E-state index contributed by atoms with van der Waals surface area (Å²) in [6, 6.07) is 5.52. The van der Waals surface area contributed by atoms with Crippen LogP contribution >= 0.6 is 11.6 Å². The number of hydrogen-bond donors (Lipinski definition) is 3. The second-order valence-corrected chi connectivity index (χ2v) is 5.39. The zero-order valence-electron chi connectivity index (χ0n) is 10.9. The monoisotopic (exact) mass is 281 g/mol. The van der Waals surface area contributed by atoms with E-state index in [0.29, 0.717) is 10.6 Å². The minimum Gasteiger partial charge on any atom is -0.394 e. The molecule has 1 aliphatic heterocycles. The summed E-state index contributed by atoms with van der Waals surface area (Å²) in [6.07, 6.45) is 4.37. The maximum absolute atomic E-state index is 9.58. The van der Waals surface area contributed by atoms with Gasteiger partial charge in [-0.2, -0.15) is 0 Å². The fourth-order valence-electron chi connectivity index (χ4n) is 2.66. The number of aliphatic hydroxyl groups is 1. The Morgan fingerprint density at radius 1 is 1.42 bits per heavy atom. The lowest BCUT2D eigenvalue weighted by molar-refractivity contribution is 0.255. The van der Waals surface area contributed by atoms with Crippen molar-refractivity contribution in [2.24, 2.45) is 5.73 Å². The minimum atomic E-state index is 0.0124. The van der Waals surface area contributed by atoms with Gasteiger partial charge in [0.2, 0.25) is 0 Å². The molecule has 1 aliphatic rings. The van der Waals surface area contributed by atoms with Crippen molar-refractivity contribution < 1.29 is 5.11 Å². The van der Waals surface area contributed by atoms with Crippen LogP contribution < -0.4 is 10.6 Å². The number of nitrogen functional groups attached to an aromatic ring is 1. The molecule has 0 aliphatic carbocycles. The maximum Gasteiger partial charge on any atom is 0.124 e. The van der Waals surface area contributed by atoms with Crippen LogP contribution in [-0.2, 0) is 0 Å². The normalized spacial score (nSPS) is 20.1. The predicted octanol–water partition coefficient (Wildman–Crippen LogP) is 2.37. The summed E-state index contributed by atoms with van der Waals surface area (Å²) >= 11 is 5.98. The van der Waals surface area contributed by atoms with Crippen molar-refractivity contribution in [1.82, 2.24) is 0 Å². The van der Waals surface area contributed by atoms with Gasteiger partial charge < -0.3 is 15.7 Å². The van der Waals surface area contributed by atoms with Crippen molar-refractivity contribution in [3.8, 4) is 0 Å². The lowest BCUT2D eigenvalue weighted by atomic mass is 10.1. The summed E-state index contributed by atoms with van der Waals surface area (Å²) in [6.45, 7) is 1.01. The minimum absolute atomic E-state index is 0.0124. The first-order chi connectivity index (χ1) is 9.13. The van der Waals surface area contributed by atoms with Crippen LogP contribution in [0.5, 0.6) is 0 Å². The van der Waals surface area contributed by atoms with Crippen LogP contribution in [0.25, 0.3) is 0 Å². The Labute approximate surface area is 118 Å². The molecule has 1 heterocycles. The molecule has 104 valence electrons. The number of nitrogens with two attached hydrogens (primary N) is 1. The SMILES string of the molecule is N=C(N)c1cc(Cl)ccc1N1CCCCCC1CO. The largest absolute Gasteiger partial charge is 0.394 e. The number of nitrogens with one attached hydrogen (secondary N) is 1. The number of nitrogens with zero attached hydrogens (tertiary/aromatic N) is 1. The van der Waals surface area contributed by atoms with E-state index in [1.165, 1.54) is 6.42 Å². The van der Waals surface area contributed by atoms with Gasteiger partial charge in [-0.05, 0) is 31.0 Å². The van der Waals surface area contributed by atoms with Crippen molar-refractivity contribution in [3.63, 3.8) is 0 Å². The van der Waals surface area contributed by atoms with Gasteiger partial charge in [-0.25, -0.2) is 0 Å². The van der Waals surface area contributed by atoms with Crippen molar-refractivity contribution in [3.05, 3.63) is 28.8 Å². The molecular weight excluding hydrogens is 262 g/mol. The molecular formula is C14H20ClN3O. The highest BCUT2D eigenvalue weighted by Crippen LogP contribution is 2.29. The molecule has 1 saturated heterocycles. The van der Waals surface area contributed by atoms with Gasteiger partial charge in [0.15, 0.2) is 0 Å². The first kappa shape index (κ1) is 14.2. The summed E-state index contributed by atoms with van der Waals surface area (Å²) in [7, 11) is 0. The van der Waals surface area contributed by atoms with E-state index in [1.54, 1.807) is 6.07 Å². The van der Waals surface area contributed by atoms with E-state index in [9.17, 15) is 5.11 Å². The fourth-order valence-corrected chi connectivity index (χ4v) is 2.83. The molecule has 0 aromatic heterocycles. The number of rotatable bonds is 3. The van der Waals surface area contributed by atoms with Gasteiger partial charge >= 0.3 is 0 Å². The van der Waals surface area contributed by atoms with E-state index in [-0.39, 0.29) is 18.5 Å². The number of aliphatic hydroxyl groups excluding tert-OH is 1. The molecule has 19 heavy (non-hydrogen) atoms. The third kappa shape index (κ3) is 3.19. The molecule has 5 heteroatoms. The predicted molar refractivity (Wildman–Crippen MR) is 79.2 cm³/mol. The van der Waals surface area contributed by atoms with Crippen LogP contribution in [0.2, 0.25) is 5.02 Å². The molecule has 1 aromatic carbocycles. The van der Waals surface area contributed by atoms with Crippen LogP contribution in [0.3, 0.4) is 0 Å². The highest BCUT2D eigenvalue weighted by Gasteiger charge is 2.23. The molecule has 1 atom stereocenters. The zero-order chi connectivity index (χ0) is 13.8. The lowest BCUT2D eigenvalue weighted by Gasteiger charge is -2.32. The Bertz CT molecular complexity index is 464. The van der Waals surface area contributed by atoms with Crippen LogP contribution in [-0.4, -0.2) is 30.1 Å². The molecule has 0 amide bonds. The number of benzene rings is 1. The van der Waals surface area contributed by atoms with Crippen molar-refractivity contribution >= 4 is 23.1 Å². The van der Waals surface area contributed by atoms with Crippen LogP contribution in [0.4, 0.5) is 5.69 Å². The maximum atomic E-state index is 9.58. The van der Waals surface area contributed by atoms with E-state index in [0.717, 1.165) is 31.5 Å². The van der Waals surface area contributed by atoms with Crippen molar-refractivity contribution in [2.45, 2.75) is 31.7 Å². The smallest absolute Gasteiger partial charge is 0.124 e. The lowest BCUT2D eigenvalue weighted by Crippen LogP contribution is -2.38. The molecule has 0 spiro atoms. The summed E-state index contributed by atoms with van der Waals surface area (Å²) in [5.74, 6) is 0.0124. The molecule has 0 saturated carbocycles. The molecule has 0 radical (unpaired) electrons. The second kappa shape index (κ2) is 6.26. The Hall–Kier alpha value is -1.26. The molecule has 1 unspecified atom stereocenters. The summed E-state index contributed by atoms with van der Waals surface area (Å²) < 4.78 is 0. The van der Waals surface area contributed by atoms with Crippen LogP contribution in [0.1, 0.15) is 31.2 Å². The van der Waals surface area contributed by atoms with Crippen molar-refractivity contribution in [2.75, 3.05) is 18.1 Å². The number of hydrogen-bond acceptors (Lipinski definition) is 3. The van der Waals surface area contributed by atoms with Gasteiger partial charge in [0, 0.05) is 22.8 Å². The van der Waals surface area contributed by atoms with E-state index in [1.807, 2.05) is 12.1 Å². The molecule has 2 rings (SSSR count). The standard InChI is InChI=1S/C14H20ClN3O/c15-10-5-6-13(12(8-10)14(16)17)18-7-3-1-2-4-11(18)9-19/h5-6,8,11,19H,1-4,7,9H2,(H3,16,17). The highest BCUT2D eigenvalue weighted by atomic mass is 35.5. The Morgan fingerprint density at radius 3 is 2.89 bits per heavy atom. The first-order valence-corrected chi connectivity index (χ1v) is 7.02. The molecule has 4 nitrogen and oxygen atoms in total. The average Bonchev–Trinajstić information content (AvgIpc) is 2.63. The second-order valence-electron chi connectivity index (χ2n) is 4.95. The average molecular weight is 282 g/mol. The molecule has 1 aromatic rings. The fraction of sp³-hybridized carbons (Fsp3) is 0.500. The van der Waals surface area contributed by atoms with Gasteiger partial charge in [0.1, 0.15) is 5.84 Å². The van der Waals surface area contributed by atoms with E-state index >= 15 is 0 Å². The van der Waals surface area contributed by atoms with E-state index < -0.39 is 0 Å². The third-order valence-electron chi connectivity index (χ3n) is 3.65. The highest BCUT2D eigenvalue weighted by molar-refractivity contribution is 6.31. The van der Waals surface area contributed by atoms with Gasteiger partial charge in [-0.3, -0.25) is 5.41 Å². The number of halogens is 1. The first-order valence-electron chi connectivity index (χ1n) is 6.65. The Morgan fingerprint density at radius 2 is 2.21 bits per heavy atom. The van der Waals surface area contributed by atoms with E-state index in [2.05, 4.69) is 4.90 Å². The number of anilines is 1. The van der Waals surface area contributed by atoms with Gasteiger partial charge in [0.05, 0.1) is 12.6 Å². The van der Waals surface area contributed by atoms with Crippen LogP contribution in [0.15, 0.2) is 18.2 Å². The summed E-state index contributed by atoms with van der Waals surface area (Å²) in [5, 5.41) is 17.9. The third-order valence-corrected chi connectivity index (χ3v) is 3.88. The van der Waals surface area contributed by atoms with Gasteiger partial charge in [0.25, 0.3) is 0 Å². The molecule has 0 bridgehead atoms. The molecule has 1 fully saturated rings. The number of amidine groups is 1. The zero-order valence-corrected chi connectivity index (χ0v) is 11.7. The van der Waals surface area contributed by atoms with Gasteiger partial charge in [-0.1, -0.05) is 24.4 Å². The quantitative estimate of drug-likeness (QED) is 0.588.